The summed E-state index contributed by atoms with van der Waals surface area (Å²) in [5, 5.41) is 26.9. The molecule has 0 bridgehead atoms. The van der Waals surface area contributed by atoms with Crippen LogP contribution in [0.15, 0.2) is 12.3 Å². The molecular formula is C9H12N4O6S. The minimum absolute atomic E-state index is 0.0717. The first-order valence-corrected chi connectivity index (χ1v) is 7.04. The van der Waals surface area contributed by atoms with E-state index in [1.807, 2.05) is 0 Å². The van der Waals surface area contributed by atoms with Crippen molar-refractivity contribution in [3.05, 3.63) is 27.9 Å². The fraction of sp³-hybridized carbons (Fsp3) is 0.333. The summed E-state index contributed by atoms with van der Waals surface area (Å²) in [7, 11) is -3.59. The normalized spacial score (nSPS) is 11.1. The van der Waals surface area contributed by atoms with Crippen molar-refractivity contribution >= 4 is 27.5 Å². The van der Waals surface area contributed by atoms with E-state index in [2.05, 4.69) is 10.3 Å². The molecule has 4 N–H and O–H groups in total. The number of pyridine rings is 1. The summed E-state index contributed by atoms with van der Waals surface area (Å²) in [5.74, 6) is -1.72. The highest BCUT2D eigenvalue weighted by atomic mass is 32.2. The van der Waals surface area contributed by atoms with Crippen LogP contribution < -0.4 is 10.5 Å². The zero-order valence-electron chi connectivity index (χ0n) is 10.1. The number of aromatic carboxylic acids is 1. The van der Waals surface area contributed by atoms with Gasteiger partial charge in [0.1, 0.15) is 17.6 Å². The molecule has 0 aliphatic rings. The van der Waals surface area contributed by atoms with E-state index < -0.39 is 26.6 Å². The van der Waals surface area contributed by atoms with Gasteiger partial charge in [-0.1, -0.05) is 0 Å². The van der Waals surface area contributed by atoms with E-state index in [0.29, 0.717) is 0 Å². The van der Waals surface area contributed by atoms with Gasteiger partial charge in [0.2, 0.25) is 10.0 Å². The van der Waals surface area contributed by atoms with Crippen LogP contribution in [-0.4, -0.2) is 41.7 Å². The zero-order chi connectivity index (χ0) is 15.3. The summed E-state index contributed by atoms with van der Waals surface area (Å²) in [6.07, 6.45) is 1.06. The summed E-state index contributed by atoms with van der Waals surface area (Å²) in [6, 6.07) is 0.872. The number of nitrogens with zero attached hydrogens (tertiary/aromatic N) is 2. The van der Waals surface area contributed by atoms with Crippen molar-refractivity contribution in [2.75, 3.05) is 17.6 Å². The molecule has 1 aromatic rings. The number of primary sulfonamides is 1. The molecule has 0 aliphatic carbocycles. The van der Waals surface area contributed by atoms with Crippen molar-refractivity contribution in [3.63, 3.8) is 0 Å². The summed E-state index contributed by atoms with van der Waals surface area (Å²) in [5.41, 5.74) is -0.813. The number of nitro groups is 1. The van der Waals surface area contributed by atoms with Gasteiger partial charge in [-0.15, -0.1) is 0 Å². The summed E-state index contributed by atoms with van der Waals surface area (Å²) in [6.45, 7) is 0.113. The van der Waals surface area contributed by atoms with Crippen LogP contribution in [0.4, 0.5) is 11.5 Å². The summed E-state index contributed by atoms with van der Waals surface area (Å²) >= 11 is 0. The van der Waals surface area contributed by atoms with Gasteiger partial charge in [0.25, 0.3) is 5.69 Å². The number of hydrogen-bond donors (Lipinski definition) is 3. The van der Waals surface area contributed by atoms with Gasteiger partial charge < -0.3 is 10.4 Å². The minimum atomic E-state index is -3.59. The van der Waals surface area contributed by atoms with Gasteiger partial charge in [-0.05, 0) is 6.42 Å². The molecule has 1 heterocycles. The van der Waals surface area contributed by atoms with Gasteiger partial charge in [-0.2, -0.15) is 0 Å². The standard InChI is InChI=1S/C9H12N4O6S/c10-20(18,19)3-1-2-11-8-7(9(14)15)4-6(5-12-8)13(16)17/h4-5H,1-3H2,(H,11,12)(H,14,15)(H2,10,18,19). The Kier molecular flexibility index (Phi) is 4.94. The van der Waals surface area contributed by atoms with E-state index in [4.69, 9.17) is 10.2 Å². The Balaban J connectivity index is 2.79. The summed E-state index contributed by atoms with van der Waals surface area (Å²) < 4.78 is 21.4. The minimum Gasteiger partial charge on any atom is -0.478 e. The number of rotatable bonds is 7. The smallest absolute Gasteiger partial charge is 0.339 e. The first kappa shape index (κ1) is 15.8. The highest BCUT2D eigenvalue weighted by molar-refractivity contribution is 7.89. The van der Waals surface area contributed by atoms with E-state index in [-0.39, 0.29) is 30.1 Å². The van der Waals surface area contributed by atoms with Crippen LogP contribution in [0, 0.1) is 10.1 Å². The van der Waals surface area contributed by atoms with Crippen molar-refractivity contribution < 1.29 is 23.2 Å². The first-order chi connectivity index (χ1) is 9.20. The number of sulfonamides is 1. The summed E-state index contributed by atoms with van der Waals surface area (Å²) in [4.78, 5) is 24.4. The number of carboxylic acids is 1. The third-order valence-electron chi connectivity index (χ3n) is 2.21. The molecule has 11 heteroatoms. The number of carboxylic acid groups (broad SMARTS) is 1. The van der Waals surface area contributed by atoms with E-state index in [1.165, 1.54) is 0 Å². The number of nitrogens with two attached hydrogens (primary N) is 1. The lowest BCUT2D eigenvalue weighted by Crippen LogP contribution is -2.19. The van der Waals surface area contributed by atoms with Gasteiger partial charge in [0.15, 0.2) is 0 Å². The third kappa shape index (κ3) is 4.78. The number of anilines is 1. The molecule has 0 saturated carbocycles. The zero-order valence-corrected chi connectivity index (χ0v) is 11.0. The third-order valence-corrected chi connectivity index (χ3v) is 3.07. The number of hydrogen-bond acceptors (Lipinski definition) is 7. The van der Waals surface area contributed by atoms with Gasteiger partial charge in [-0.25, -0.2) is 23.3 Å². The Bertz CT molecular complexity index is 629. The Morgan fingerprint density at radius 3 is 2.70 bits per heavy atom. The molecule has 0 saturated heterocycles. The van der Waals surface area contributed by atoms with E-state index in [9.17, 15) is 23.3 Å². The van der Waals surface area contributed by atoms with Gasteiger partial charge in [0, 0.05) is 12.6 Å². The lowest BCUT2D eigenvalue weighted by atomic mass is 10.2. The molecule has 0 spiro atoms. The Morgan fingerprint density at radius 1 is 1.55 bits per heavy atom. The Labute approximate surface area is 113 Å². The molecule has 0 amide bonds. The predicted octanol–water partition coefficient (Wildman–Crippen LogP) is -0.221. The molecule has 0 aromatic carbocycles. The molecule has 0 unspecified atom stereocenters. The average molecular weight is 304 g/mol. The topological polar surface area (TPSA) is 166 Å². The maximum Gasteiger partial charge on any atom is 0.339 e. The molecule has 10 nitrogen and oxygen atoms in total. The van der Waals surface area contributed by atoms with Crippen LogP contribution in [0.2, 0.25) is 0 Å². The van der Waals surface area contributed by atoms with Crippen molar-refractivity contribution in [2.24, 2.45) is 5.14 Å². The monoisotopic (exact) mass is 304 g/mol. The van der Waals surface area contributed by atoms with Crippen LogP contribution in [0.1, 0.15) is 16.8 Å². The molecule has 1 rings (SSSR count). The maximum atomic E-state index is 11.0. The highest BCUT2D eigenvalue weighted by Gasteiger charge is 2.17. The quantitative estimate of drug-likeness (QED) is 0.353. The van der Waals surface area contributed by atoms with Crippen LogP contribution in [0.3, 0.4) is 0 Å². The van der Waals surface area contributed by atoms with Gasteiger partial charge in [0.05, 0.1) is 10.7 Å². The van der Waals surface area contributed by atoms with Crippen LogP contribution in [-0.2, 0) is 10.0 Å². The average Bonchev–Trinajstić information content (AvgIpc) is 2.33. The van der Waals surface area contributed by atoms with Crippen molar-refractivity contribution in [3.8, 4) is 0 Å². The second-order valence-electron chi connectivity index (χ2n) is 3.80. The molecule has 0 aliphatic heterocycles. The Hall–Kier alpha value is -2.27. The van der Waals surface area contributed by atoms with Crippen LogP contribution >= 0.6 is 0 Å². The number of carbonyl (C=O) groups is 1. The largest absolute Gasteiger partial charge is 0.478 e. The molecule has 20 heavy (non-hydrogen) atoms. The highest BCUT2D eigenvalue weighted by Crippen LogP contribution is 2.19. The predicted molar refractivity (Wildman–Crippen MR) is 68.9 cm³/mol. The van der Waals surface area contributed by atoms with Crippen molar-refractivity contribution in [1.82, 2.24) is 4.98 Å². The molecular weight excluding hydrogens is 292 g/mol. The molecule has 110 valence electrons. The molecule has 0 atom stereocenters. The fourth-order valence-corrected chi connectivity index (χ4v) is 1.88. The lowest BCUT2D eigenvalue weighted by Gasteiger charge is -2.07. The number of aromatic nitrogens is 1. The van der Waals surface area contributed by atoms with Crippen molar-refractivity contribution in [1.29, 1.82) is 0 Å². The molecule has 0 fully saturated rings. The van der Waals surface area contributed by atoms with E-state index in [0.717, 1.165) is 12.3 Å². The molecule has 1 aromatic heterocycles. The first-order valence-electron chi connectivity index (χ1n) is 5.33. The molecule has 0 radical (unpaired) electrons. The Morgan fingerprint density at radius 2 is 2.20 bits per heavy atom. The maximum absolute atomic E-state index is 11.0. The van der Waals surface area contributed by atoms with Gasteiger partial charge >= 0.3 is 5.97 Å². The number of nitrogens with one attached hydrogen (secondary N) is 1. The fourth-order valence-electron chi connectivity index (χ4n) is 1.34. The van der Waals surface area contributed by atoms with E-state index >= 15 is 0 Å². The second kappa shape index (κ2) is 6.25. The van der Waals surface area contributed by atoms with Crippen LogP contribution in [0.25, 0.3) is 0 Å². The van der Waals surface area contributed by atoms with Gasteiger partial charge in [-0.3, -0.25) is 10.1 Å². The van der Waals surface area contributed by atoms with Crippen LogP contribution in [0.5, 0.6) is 0 Å². The lowest BCUT2D eigenvalue weighted by molar-refractivity contribution is -0.385. The second-order valence-corrected chi connectivity index (χ2v) is 5.53. The SMILES string of the molecule is NS(=O)(=O)CCCNc1ncc([N+](=O)[O-])cc1C(=O)O. The van der Waals surface area contributed by atoms with Crippen molar-refractivity contribution in [2.45, 2.75) is 6.42 Å². The van der Waals surface area contributed by atoms with E-state index in [1.54, 1.807) is 0 Å².